The zero-order valence-electron chi connectivity index (χ0n) is 16.2. The van der Waals surface area contributed by atoms with Crippen LogP contribution in [-0.4, -0.2) is 17.9 Å². The Kier molecular flexibility index (Phi) is 5.45. The van der Waals surface area contributed by atoms with Crippen LogP contribution in [0.1, 0.15) is 25.3 Å². The lowest BCUT2D eigenvalue weighted by Gasteiger charge is -2.32. The fourth-order valence-electron chi connectivity index (χ4n) is 4.06. The van der Waals surface area contributed by atoms with E-state index in [0.29, 0.717) is 0 Å². The van der Waals surface area contributed by atoms with Crippen molar-refractivity contribution in [1.82, 2.24) is 0 Å². The Balaban J connectivity index is 1.92. The van der Waals surface area contributed by atoms with E-state index in [0.717, 1.165) is 12.8 Å². The van der Waals surface area contributed by atoms with E-state index in [1.807, 2.05) is 0 Å². The predicted molar refractivity (Wildman–Crippen MR) is 117 cm³/mol. The number of benzene rings is 3. The monoisotopic (exact) mass is 370 g/mol. The lowest BCUT2D eigenvalue weighted by atomic mass is 10.1. The van der Waals surface area contributed by atoms with Gasteiger partial charge in [-0.25, -0.2) is 0 Å². The molecule has 142 valence electrons. The minimum atomic E-state index is 0.133. The third-order valence-electron chi connectivity index (χ3n) is 5.24. The lowest BCUT2D eigenvalue weighted by Crippen LogP contribution is -2.38. The molecule has 3 nitrogen and oxygen atoms in total. The maximum atomic E-state index is 9.53. The number of para-hydroxylation sites is 2. The van der Waals surface area contributed by atoms with Crippen molar-refractivity contribution in [2.75, 3.05) is 16.4 Å². The molecule has 0 bridgehead atoms. The summed E-state index contributed by atoms with van der Waals surface area (Å²) in [6.45, 7) is 2.43. The average Bonchev–Trinajstić information content (AvgIpc) is 3.06. The quantitative estimate of drug-likeness (QED) is 0.620. The van der Waals surface area contributed by atoms with Crippen LogP contribution in [0, 0.1) is 0 Å². The van der Waals surface area contributed by atoms with Gasteiger partial charge in [0.25, 0.3) is 0 Å². The summed E-state index contributed by atoms with van der Waals surface area (Å²) in [6.07, 6.45) is 1.70. The van der Waals surface area contributed by atoms with E-state index < -0.39 is 0 Å². The summed E-state index contributed by atoms with van der Waals surface area (Å²) in [5.41, 5.74) is 6.02. The molecule has 1 aliphatic heterocycles. The third kappa shape index (κ3) is 3.41. The second-order valence-corrected chi connectivity index (χ2v) is 7.03. The standard InChI is InChI=1S/C25H26N2O/c1-20-26(22-14-7-3-8-15-22)24(18-11-19-28)25(21-12-5-2-6-13-21)27(20)23-16-9-4-10-17-23/h2-10,12-17,20,28H,11,18-19H2,1H3. The van der Waals surface area contributed by atoms with Gasteiger partial charge in [-0.2, -0.15) is 0 Å². The first-order valence-corrected chi connectivity index (χ1v) is 9.89. The van der Waals surface area contributed by atoms with Crippen molar-refractivity contribution in [3.05, 3.63) is 102 Å². The Morgan fingerprint density at radius 2 is 1.21 bits per heavy atom. The molecule has 1 N–H and O–H groups in total. The van der Waals surface area contributed by atoms with E-state index in [4.69, 9.17) is 0 Å². The molecule has 3 heteroatoms. The van der Waals surface area contributed by atoms with Crippen LogP contribution in [0.15, 0.2) is 96.7 Å². The predicted octanol–water partition coefficient (Wildman–Crippen LogP) is 5.50. The molecular formula is C25H26N2O. The molecule has 1 heterocycles. The van der Waals surface area contributed by atoms with Gasteiger partial charge in [0.15, 0.2) is 0 Å². The summed E-state index contributed by atoms with van der Waals surface area (Å²) in [7, 11) is 0. The fraction of sp³-hybridized carbons (Fsp3) is 0.200. The molecule has 0 aromatic heterocycles. The molecule has 0 saturated heterocycles. The van der Waals surface area contributed by atoms with Crippen LogP contribution in [0.25, 0.3) is 5.70 Å². The highest BCUT2D eigenvalue weighted by molar-refractivity contribution is 5.88. The van der Waals surface area contributed by atoms with Gasteiger partial charge < -0.3 is 14.9 Å². The molecule has 3 aromatic carbocycles. The number of anilines is 2. The highest BCUT2D eigenvalue weighted by atomic mass is 16.2. The Labute approximate surface area is 167 Å². The van der Waals surface area contributed by atoms with E-state index in [1.165, 1.54) is 28.3 Å². The summed E-state index contributed by atoms with van der Waals surface area (Å²) in [6, 6.07) is 31.7. The number of aliphatic hydroxyl groups excluding tert-OH is 1. The number of hydrogen-bond donors (Lipinski definition) is 1. The number of nitrogens with zero attached hydrogens (tertiary/aromatic N) is 2. The minimum Gasteiger partial charge on any atom is -0.396 e. The highest BCUT2D eigenvalue weighted by Crippen LogP contribution is 2.43. The summed E-state index contributed by atoms with van der Waals surface area (Å²) < 4.78 is 0. The van der Waals surface area contributed by atoms with Gasteiger partial charge in [-0.05, 0) is 49.6 Å². The zero-order chi connectivity index (χ0) is 19.3. The molecule has 3 aromatic rings. The van der Waals surface area contributed by atoms with Crippen molar-refractivity contribution in [2.45, 2.75) is 25.9 Å². The zero-order valence-corrected chi connectivity index (χ0v) is 16.2. The molecule has 0 spiro atoms. The van der Waals surface area contributed by atoms with Crippen LogP contribution in [0.4, 0.5) is 11.4 Å². The van der Waals surface area contributed by atoms with Gasteiger partial charge in [-0.1, -0.05) is 66.7 Å². The molecule has 1 aliphatic rings. The van der Waals surface area contributed by atoms with Crippen molar-refractivity contribution < 1.29 is 5.11 Å². The van der Waals surface area contributed by atoms with Crippen LogP contribution in [0.3, 0.4) is 0 Å². The fourth-order valence-corrected chi connectivity index (χ4v) is 4.06. The van der Waals surface area contributed by atoms with E-state index >= 15 is 0 Å². The first kappa shape index (κ1) is 18.3. The summed E-state index contributed by atoms with van der Waals surface area (Å²) in [4.78, 5) is 4.82. The summed E-state index contributed by atoms with van der Waals surface area (Å²) >= 11 is 0. The number of hydrogen-bond acceptors (Lipinski definition) is 3. The van der Waals surface area contributed by atoms with Crippen LogP contribution in [0.2, 0.25) is 0 Å². The Bertz CT molecular complexity index is 923. The Morgan fingerprint density at radius 1 is 0.714 bits per heavy atom. The second-order valence-electron chi connectivity index (χ2n) is 7.03. The van der Waals surface area contributed by atoms with Gasteiger partial charge in [0.2, 0.25) is 0 Å². The smallest absolute Gasteiger partial charge is 0.108 e. The van der Waals surface area contributed by atoms with Crippen molar-refractivity contribution in [3.63, 3.8) is 0 Å². The van der Waals surface area contributed by atoms with Crippen molar-refractivity contribution >= 4 is 17.1 Å². The van der Waals surface area contributed by atoms with Crippen molar-refractivity contribution in [3.8, 4) is 0 Å². The summed E-state index contributed by atoms with van der Waals surface area (Å²) in [5, 5.41) is 9.53. The maximum absolute atomic E-state index is 9.53. The van der Waals surface area contributed by atoms with Crippen LogP contribution >= 0.6 is 0 Å². The first-order chi connectivity index (χ1) is 13.8. The lowest BCUT2D eigenvalue weighted by molar-refractivity contribution is 0.288. The minimum absolute atomic E-state index is 0.133. The molecule has 0 fully saturated rings. The normalized spacial score (nSPS) is 16.7. The number of rotatable bonds is 6. The molecule has 1 unspecified atom stereocenters. The highest BCUT2D eigenvalue weighted by Gasteiger charge is 2.37. The Hall–Kier alpha value is -3.04. The topological polar surface area (TPSA) is 26.7 Å². The maximum Gasteiger partial charge on any atom is 0.108 e. The van der Waals surface area contributed by atoms with Crippen molar-refractivity contribution in [1.29, 1.82) is 0 Å². The van der Waals surface area contributed by atoms with Crippen molar-refractivity contribution in [2.24, 2.45) is 0 Å². The van der Waals surface area contributed by atoms with Gasteiger partial charge in [0.05, 0.1) is 5.70 Å². The number of aliphatic hydroxyl groups is 1. The molecule has 0 saturated carbocycles. The van der Waals surface area contributed by atoms with E-state index in [9.17, 15) is 5.11 Å². The molecule has 4 rings (SSSR count). The van der Waals surface area contributed by atoms with Gasteiger partial charge in [-0.3, -0.25) is 0 Å². The Morgan fingerprint density at radius 3 is 1.75 bits per heavy atom. The van der Waals surface area contributed by atoms with Gasteiger partial charge in [0, 0.05) is 23.7 Å². The third-order valence-corrected chi connectivity index (χ3v) is 5.24. The number of allylic oxidation sites excluding steroid dienone is 1. The molecular weight excluding hydrogens is 344 g/mol. The van der Waals surface area contributed by atoms with E-state index in [2.05, 4.69) is 108 Å². The summed E-state index contributed by atoms with van der Waals surface area (Å²) in [5.74, 6) is 0. The van der Waals surface area contributed by atoms with E-state index in [-0.39, 0.29) is 12.8 Å². The SMILES string of the molecule is CC1N(c2ccccc2)C(CCCO)=C(c2ccccc2)N1c1ccccc1. The molecule has 0 radical (unpaired) electrons. The van der Waals surface area contributed by atoms with Gasteiger partial charge in [0.1, 0.15) is 6.17 Å². The van der Waals surface area contributed by atoms with Crippen LogP contribution in [-0.2, 0) is 0 Å². The van der Waals surface area contributed by atoms with Crippen LogP contribution < -0.4 is 9.80 Å². The second kappa shape index (κ2) is 8.32. The van der Waals surface area contributed by atoms with Crippen LogP contribution in [0.5, 0.6) is 0 Å². The largest absolute Gasteiger partial charge is 0.396 e. The average molecular weight is 370 g/mol. The first-order valence-electron chi connectivity index (χ1n) is 9.89. The molecule has 0 aliphatic carbocycles. The van der Waals surface area contributed by atoms with Gasteiger partial charge in [-0.15, -0.1) is 0 Å². The molecule has 28 heavy (non-hydrogen) atoms. The van der Waals surface area contributed by atoms with E-state index in [1.54, 1.807) is 0 Å². The molecule has 0 amide bonds. The molecule has 1 atom stereocenters. The van der Waals surface area contributed by atoms with Gasteiger partial charge >= 0.3 is 0 Å².